The van der Waals surface area contributed by atoms with Crippen LogP contribution in [0.25, 0.3) is 0 Å². The average molecular weight is 309 g/mol. The van der Waals surface area contributed by atoms with Gasteiger partial charge in [-0.25, -0.2) is 4.99 Å². The van der Waals surface area contributed by atoms with Gasteiger partial charge in [0.15, 0.2) is 5.96 Å². The molecule has 0 fully saturated rings. The van der Waals surface area contributed by atoms with E-state index < -0.39 is 5.60 Å². The number of nitrogens with one attached hydrogen (secondary N) is 2. The van der Waals surface area contributed by atoms with Crippen LogP contribution in [0.2, 0.25) is 0 Å². The molecule has 5 nitrogen and oxygen atoms in total. The van der Waals surface area contributed by atoms with Crippen LogP contribution in [-0.4, -0.2) is 30.2 Å². The molecule has 0 bridgehead atoms. The summed E-state index contributed by atoms with van der Waals surface area (Å²) in [6, 6.07) is 3.90. The van der Waals surface area contributed by atoms with Gasteiger partial charge < -0.3 is 20.2 Å². The largest absolute Gasteiger partial charge is 0.466 e. The first-order chi connectivity index (χ1) is 10.5. The number of furan rings is 1. The number of rotatable bonds is 9. The fourth-order valence-electron chi connectivity index (χ4n) is 2.22. The fourth-order valence-corrected chi connectivity index (χ4v) is 2.22. The predicted octanol–water partition coefficient (Wildman–Crippen LogP) is 3.01. The molecular weight excluding hydrogens is 278 g/mol. The lowest BCUT2D eigenvalue weighted by atomic mass is 10.0. The second kappa shape index (κ2) is 9.51. The summed E-state index contributed by atoms with van der Waals surface area (Å²) in [5, 5.41) is 17.1. The molecule has 126 valence electrons. The molecule has 0 aliphatic carbocycles. The van der Waals surface area contributed by atoms with Gasteiger partial charge in [0.25, 0.3) is 0 Å². The van der Waals surface area contributed by atoms with Crippen LogP contribution < -0.4 is 10.6 Å². The third-order valence-corrected chi connectivity index (χ3v) is 3.57. The first-order valence-electron chi connectivity index (χ1n) is 8.30. The van der Waals surface area contributed by atoms with Gasteiger partial charge in [0.05, 0.1) is 12.8 Å². The van der Waals surface area contributed by atoms with Crippen molar-refractivity contribution >= 4 is 5.96 Å². The zero-order chi connectivity index (χ0) is 16.4. The molecule has 0 amide bonds. The molecule has 5 heteroatoms. The molecule has 1 rings (SSSR count). The molecule has 2 atom stereocenters. The first-order valence-corrected chi connectivity index (χ1v) is 8.30. The van der Waals surface area contributed by atoms with E-state index >= 15 is 0 Å². The summed E-state index contributed by atoms with van der Waals surface area (Å²) in [5.41, 5.74) is -1.10. The summed E-state index contributed by atoms with van der Waals surface area (Å²) in [7, 11) is 0. The summed E-state index contributed by atoms with van der Waals surface area (Å²) >= 11 is 0. The van der Waals surface area contributed by atoms with Crippen molar-refractivity contribution in [3.8, 4) is 0 Å². The number of hydrogen-bond acceptors (Lipinski definition) is 3. The highest BCUT2D eigenvalue weighted by Gasteiger charge is 2.26. The molecule has 0 saturated heterocycles. The van der Waals surface area contributed by atoms with Gasteiger partial charge in [0.2, 0.25) is 0 Å². The zero-order valence-corrected chi connectivity index (χ0v) is 14.4. The van der Waals surface area contributed by atoms with Crippen LogP contribution in [0.4, 0.5) is 0 Å². The smallest absolute Gasteiger partial charge is 0.191 e. The summed E-state index contributed by atoms with van der Waals surface area (Å²) < 4.78 is 5.28. The van der Waals surface area contributed by atoms with Crippen LogP contribution in [0.1, 0.15) is 59.1 Å². The standard InChI is InChI=1S/C17H31N3O2/c1-5-7-8-10-14(3)20-16(18-6-2)19-13-17(4,21)15-11-9-12-22-15/h9,11-12,14,21H,5-8,10,13H2,1-4H3,(H2,18,19,20). The molecule has 1 heterocycles. The molecule has 22 heavy (non-hydrogen) atoms. The highest BCUT2D eigenvalue weighted by Crippen LogP contribution is 2.21. The lowest BCUT2D eigenvalue weighted by Gasteiger charge is -2.21. The van der Waals surface area contributed by atoms with Crippen molar-refractivity contribution < 1.29 is 9.52 Å². The first kappa shape index (κ1) is 18.6. The average Bonchev–Trinajstić information content (AvgIpc) is 3.00. The van der Waals surface area contributed by atoms with Crippen molar-refractivity contribution in [3.63, 3.8) is 0 Å². The normalized spacial score (nSPS) is 16.1. The van der Waals surface area contributed by atoms with Gasteiger partial charge in [-0.3, -0.25) is 0 Å². The lowest BCUT2D eigenvalue weighted by Crippen LogP contribution is -2.43. The maximum absolute atomic E-state index is 10.4. The van der Waals surface area contributed by atoms with E-state index in [2.05, 4.69) is 29.5 Å². The summed E-state index contributed by atoms with van der Waals surface area (Å²) in [6.07, 6.45) is 6.38. The highest BCUT2D eigenvalue weighted by atomic mass is 16.4. The molecule has 1 aromatic heterocycles. The molecule has 0 saturated carbocycles. The van der Waals surface area contributed by atoms with E-state index in [4.69, 9.17) is 4.42 Å². The van der Waals surface area contributed by atoms with E-state index in [1.54, 1.807) is 25.3 Å². The van der Waals surface area contributed by atoms with Crippen LogP contribution in [0.3, 0.4) is 0 Å². The fraction of sp³-hybridized carbons (Fsp3) is 0.706. The highest BCUT2D eigenvalue weighted by molar-refractivity contribution is 5.80. The number of nitrogens with zero attached hydrogens (tertiary/aromatic N) is 1. The summed E-state index contributed by atoms with van der Waals surface area (Å²) in [4.78, 5) is 4.49. The van der Waals surface area contributed by atoms with Gasteiger partial charge in [-0.15, -0.1) is 0 Å². The number of aliphatic imine (C=N–C) groups is 1. The number of aliphatic hydroxyl groups is 1. The maximum Gasteiger partial charge on any atom is 0.191 e. The Labute approximate surface area is 134 Å². The lowest BCUT2D eigenvalue weighted by molar-refractivity contribution is 0.0436. The van der Waals surface area contributed by atoms with Crippen LogP contribution in [0.15, 0.2) is 27.8 Å². The predicted molar refractivity (Wildman–Crippen MR) is 91.0 cm³/mol. The Morgan fingerprint density at radius 1 is 1.41 bits per heavy atom. The molecular formula is C17H31N3O2. The van der Waals surface area contributed by atoms with Crippen molar-refractivity contribution in [1.82, 2.24) is 10.6 Å². The van der Waals surface area contributed by atoms with Crippen LogP contribution >= 0.6 is 0 Å². The van der Waals surface area contributed by atoms with Gasteiger partial charge in [0, 0.05) is 12.6 Å². The third kappa shape index (κ3) is 6.52. The molecule has 2 unspecified atom stereocenters. The van der Waals surface area contributed by atoms with E-state index in [9.17, 15) is 5.11 Å². The zero-order valence-electron chi connectivity index (χ0n) is 14.4. The van der Waals surface area contributed by atoms with E-state index in [0.717, 1.165) is 18.9 Å². The van der Waals surface area contributed by atoms with E-state index in [1.807, 2.05) is 6.92 Å². The van der Waals surface area contributed by atoms with Gasteiger partial charge in [-0.1, -0.05) is 26.2 Å². The van der Waals surface area contributed by atoms with E-state index in [-0.39, 0.29) is 6.54 Å². The van der Waals surface area contributed by atoms with Gasteiger partial charge >= 0.3 is 0 Å². The molecule has 1 aromatic rings. The summed E-state index contributed by atoms with van der Waals surface area (Å²) in [6.45, 7) is 9.15. The minimum Gasteiger partial charge on any atom is -0.466 e. The Bertz CT molecular complexity index is 427. The quantitative estimate of drug-likeness (QED) is 0.372. The van der Waals surface area contributed by atoms with Crippen LogP contribution in [0, 0.1) is 0 Å². The Morgan fingerprint density at radius 2 is 2.18 bits per heavy atom. The topological polar surface area (TPSA) is 69.8 Å². The van der Waals surface area contributed by atoms with Gasteiger partial charge in [-0.05, 0) is 39.3 Å². The van der Waals surface area contributed by atoms with Gasteiger partial charge in [0.1, 0.15) is 11.4 Å². The van der Waals surface area contributed by atoms with E-state index in [1.165, 1.54) is 19.3 Å². The molecule has 3 N–H and O–H groups in total. The van der Waals surface area contributed by atoms with Crippen LogP contribution in [-0.2, 0) is 5.60 Å². The number of hydrogen-bond donors (Lipinski definition) is 3. The Hall–Kier alpha value is -1.49. The van der Waals surface area contributed by atoms with Crippen molar-refractivity contribution in [2.24, 2.45) is 4.99 Å². The number of guanidine groups is 1. The second-order valence-corrected chi connectivity index (χ2v) is 5.99. The van der Waals surface area contributed by atoms with Crippen LogP contribution in [0.5, 0.6) is 0 Å². The second-order valence-electron chi connectivity index (χ2n) is 5.99. The molecule has 0 radical (unpaired) electrons. The van der Waals surface area contributed by atoms with Crippen molar-refractivity contribution in [1.29, 1.82) is 0 Å². The van der Waals surface area contributed by atoms with Gasteiger partial charge in [-0.2, -0.15) is 0 Å². The Morgan fingerprint density at radius 3 is 2.77 bits per heavy atom. The van der Waals surface area contributed by atoms with Crippen molar-refractivity contribution in [3.05, 3.63) is 24.2 Å². The monoisotopic (exact) mass is 309 g/mol. The number of unbranched alkanes of at least 4 members (excludes halogenated alkanes) is 2. The van der Waals surface area contributed by atoms with Crippen molar-refractivity contribution in [2.75, 3.05) is 13.1 Å². The SMILES string of the molecule is CCCCCC(C)NC(=NCC(C)(O)c1ccco1)NCC. The minimum atomic E-state index is -1.10. The van der Waals surface area contributed by atoms with E-state index in [0.29, 0.717) is 11.8 Å². The Balaban J connectivity index is 2.57. The molecule has 0 spiro atoms. The molecule has 0 aliphatic rings. The minimum absolute atomic E-state index is 0.248. The maximum atomic E-state index is 10.4. The Kier molecular flexibility index (Phi) is 8.02. The third-order valence-electron chi connectivity index (χ3n) is 3.57. The van der Waals surface area contributed by atoms with Crippen molar-refractivity contribution in [2.45, 2.75) is 65.0 Å². The summed E-state index contributed by atoms with van der Waals surface area (Å²) in [5.74, 6) is 1.27. The molecule has 0 aromatic carbocycles. The molecule has 0 aliphatic heterocycles.